The Morgan fingerprint density at radius 3 is 2.77 bits per heavy atom. The van der Waals surface area contributed by atoms with E-state index in [1.54, 1.807) is 19.9 Å². The summed E-state index contributed by atoms with van der Waals surface area (Å²) < 4.78 is 10.8. The van der Waals surface area contributed by atoms with E-state index in [2.05, 4.69) is 10.3 Å². The van der Waals surface area contributed by atoms with E-state index in [0.717, 1.165) is 5.69 Å². The van der Waals surface area contributed by atoms with Crippen molar-refractivity contribution in [1.82, 2.24) is 4.98 Å². The van der Waals surface area contributed by atoms with E-state index >= 15 is 0 Å². The molecule has 136 valence electrons. The average Bonchev–Trinajstić information content (AvgIpc) is 3.22. The van der Waals surface area contributed by atoms with Gasteiger partial charge in [-0.25, -0.2) is 4.98 Å². The third kappa shape index (κ3) is 2.66. The van der Waals surface area contributed by atoms with Gasteiger partial charge in [0.1, 0.15) is 6.10 Å². The summed E-state index contributed by atoms with van der Waals surface area (Å²) in [5.41, 5.74) is -0.825. The number of aromatic nitrogens is 1. The molecule has 4 rings (SSSR count). The number of thiazole rings is 1. The van der Waals surface area contributed by atoms with E-state index in [1.165, 1.54) is 11.3 Å². The second kappa shape index (κ2) is 5.96. The quantitative estimate of drug-likeness (QED) is 0.627. The Balaban J connectivity index is 1.59. The number of carbonyl (C=O) groups is 2. The van der Waals surface area contributed by atoms with Crippen molar-refractivity contribution in [3.8, 4) is 0 Å². The maximum Gasteiger partial charge on any atom is 0.324 e. The molecule has 8 heteroatoms. The average molecular weight is 393 g/mol. The van der Waals surface area contributed by atoms with Gasteiger partial charge in [0, 0.05) is 18.2 Å². The maximum absolute atomic E-state index is 12.5. The molecule has 2 aliphatic rings. The summed E-state index contributed by atoms with van der Waals surface area (Å²) in [7, 11) is 0. The van der Waals surface area contributed by atoms with Gasteiger partial charge in [-0.3, -0.25) is 9.59 Å². The molecule has 26 heavy (non-hydrogen) atoms. The summed E-state index contributed by atoms with van der Waals surface area (Å²) in [5, 5.41) is 6.21. The summed E-state index contributed by atoms with van der Waals surface area (Å²) >= 11 is 7.54. The van der Waals surface area contributed by atoms with E-state index in [9.17, 15) is 9.59 Å². The fourth-order valence-corrected chi connectivity index (χ4v) is 4.63. The molecule has 0 bridgehead atoms. The van der Waals surface area contributed by atoms with Crippen LogP contribution < -0.4 is 5.32 Å². The van der Waals surface area contributed by atoms with Crippen molar-refractivity contribution in [2.45, 2.75) is 38.4 Å². The van der Waals surface area contributed by atoms with Crippen molar-refractivity contribution in [3.05, 3.63) is 40.4 Å². The number of carbonyl (C=O) groups excluding carboxylic acids is 2. The van der Waals surface area contributed by atoms with E-state index in [1.807, 2.05) is 23.6 Å². The first kappa shape index (κ1) is 17.3. The Labute approximate surface area is 159 Å². The molecule has 2 fully saturated rings. The Bertz CT molecular complexity index is 901. The minimum Gasteiger partial charge on any atom is -0.462 e. The van der Waals surface area contributed by atoms with E-state index in [0.29, 0.717) is 22.3 Å². The van der Waals surface area contributed by atoms with Crippen LogP contribution in [0, 0.1) is 5.41 Å². The lowest BCUT2D eigenvalue weighted by molar-refractivity contribution is -0.160. The molecule has 0 aliphatic carbocycles. The molecule has 0 saturated carbocycles. The molecule has 1 aromatic carbocycles. The normalized spacial score (nSPS) is 30.5. The van der Waals surface area contributed by atoms with Gasteiger partial charge in [0.05, 0.1) is 16.4 Å². The molecular weight excluding hydrogens is 376 g/mol. The van der Waals surface area contributed by atoms with Crippen molar-refractivity contribution in [2.24, 2.45) is 5.41 Å². The van der Waals surface area contributed by atoms with E-state index < -0.39 is 23.0 Å². The lowest BCUT2D eigenvalue weighted by Crippen LogP contribution is -2.31. The number of cyclic esters (lactones) is 2. The predicted molar refractivity (Wildman–Crippen MR) is 97.5 cm³/mol. The van der Waals surface area contributed by atoms with Gasteiger partial charge in [-0.05, 0) is 26.0 Å². The summed E-state index contributed by atoms with van der Waals surface area (Å²) in [5.74, 6) is -1.02. The van der Waals surface area contributed by atoms with Crippen LogP contribution in [0.25, 0.3) is 0 Å². The number of anilines is 2. The second-order valence-electron chi connectivity index (χ2n) is 6.94. The van der Waals surface area contributed by atoms with Gasteiger partial charge in [0.2, 0.25) is 0 Å². The zero-order chi connectivity index (χ0) is 18.5. The van der Waals surface area contributed by atoms with Crippen LogP contribution in [-0.2, 0) is 24.7 Å². The Hall–Kier alpha value is -2.12. The van der Waals surface area contributed by atoms with Crippen LogP contribution in [0.4, 0.5) is 10.8 Å². The topological polar surface area (TPSA) is 77.5 Å². The number of hydrogen-bond donors (Lipinski definition) is 1. The number of ether oxygens (including phenoxy) is 2. The van der Waals surface area contributed by atoms with Crippen molar-refractivity contribution in [1.29, 1.82) is 0 Å². The predicted octanol–water partition coefficient (Wildman–Crippen LogP) is 4.02. The molecule has 2 aliphatic heterocycles. The highest BCUT2D eigenvalue weighted by Crippen LogP contribution is 2.52. The van der Waals surface area contributed by atoms with Crippen LogP contribution in [0.2, 0.25) is 5.02 Å². The Morgan fingerprint density at radius 1 is 1.31 bits per heavy atom. The van der Waals surface area contributed by atoms with Gasteiger partial charge in [0.25, 0.3) is 0 Å². The van der Waals surface area contributed by atoms with Crippen LogP contribution in [0.1, 0.15) is 32.4 Å². The van der Waals surface area contributed by atoms with E-state index in [-0.39, 0.29) is 12.5 Å². The fraction of sp³-hybridized carbons (Fsp3) is 0.389. The molecule has 1 spiro atoms. The number of rotatable bonds is 3. The zero-order valence-electron chi connectivity index (χ0n) is 14.2. The molecule has 1 aromatic heterocycles. The van der Waals surface area contributed by atoms with Crippen LogP contribution in [-0.4, -0.2) is 23.0 Å². The molecule has 0 amide bonds. The summed E-state index contributed by atoms with van der Waals surface area (Å²) in [4.78, 5) is 29.3. The van der Waals surface area contributed by atoms with Gasteiger partial charge in [-0.2, -0.15) is 0 Å². The number of nitrogens with one attached hydrogen (secondary N) is 1. The second-order valence-corrected chi connectivity index (χ2v) is 8.21. The third-order valence-corrected chi connectivity index (χ3v) is 5.93. The molecule has 2 aromatic rings. The summed E-state index contributed by atoms with van der Waals surface area (Å²) in [6.07, 6.45) is 0.289. The van der Waals surface area contributed by atoms with Crippen LogP contribution >= 0.6 is 22.9 Å². The molecule has 1 N–H and O–H groups in total. The Kier molecular flexibility index (Phi) is 3.96. The van der Waals surface area contributed by atoms with Crippen LogP contribution in [0.5, 0.6) is 0 Å². The van der Waals surface area contributed by atoms with Crippen molar-refractivity contribution < 1.29 is 19.1 Å². The minimum atomic E-state index is -1.21. The van der Waals surface area contributed by atoms with Crippen LogP contribution in [0.3, 0.4) is 0 Å². The number of para-hydroxylation sites is 1. The largest absolute Gasteiger partial charge is 0.462 e. The van der Waals surface area contributed by atoms with Crippen molar-refractivity contribution in [3.63, 3.8) is 0 Å². The van der Waals surface area contributed by atoms with Gasteiger partial charge < -0.3 is 14.8 Å². The Morgan fingerprint density at radius 2 is 2.08 bits per heavy atom. The summed E-state index contributed by atoms with van der Waals surface area (Å²) in [6.45, 7) is 3.56. The molecule has 0 radical (unpaired) electrons. The lowest BCUT2D eigenvalue weighted by atomic mass is 9.78. The molecule has 3 heterocycles. The molecule has 0 unspecified atom stereocenters. The molecule has 2 saturated heterocycles. The van der Waals surface area contributed by atoms with Gasteiger partial charge in [-0.15, -0.1) is 11.3 Å². The van der Waals surface area contributed by atoms with Crippen LogP contribution in [0.15, 0.2) is 29.6 Å². The number of nitrogens with zero attached hydrogens (tertiary/aromatic N) is 1. The maximum atomic E-state index is 12.5. The van der Waals surface area contributed by atoms with Crippen molar-refractivity contribution in [2.75, 3.05) is 5.32 Å². The summed E-state index contributed by atoms with van der Waals surface area (Å²) in [6, 6.07) is 7.36. The first-order valence-corrected chi connectivity index (χ1v) is 9.50. The SMILES string of the molecule is C[C@@H]1C[C@@]2(C[C@@](C)(c3csc(Nc4ccccc4Cl)n3)OC2=O)C(=O)O1. The molecule has 3 atom stereocenters. The minimum absolute atomic E-state index is 0.233. The first-order valence-electron chi connectivity index (χ1n) is 8.24. The number of halogens is 1. The highest BCUT2D eigenvalue weighted by atomic mass is 35.5. The fourth-order valence-electron chi connectivity index (χ4n) is 3.60. The molecular formula is C18H17ClN2O4S. The number of benzene rings is 1. The lowest BCUT2D eigenvalue weighted by Gasteiger charge is -2.20. The van der Waals surface area contributed by atoms with Gasteiger partial charge >= 0.3 is 11.9 Å². The van der Waals surface area contributed by atoms with E-state index in [4.69, 9.17) is 21.1 Å². The first-order chi connectivity index (χ1) is 12.3. The zero-order valence-corrected chi connectivity index (χ0v) is 15.8. The third-order valence-electron chi connectivity index (χ3n) is 4.84. The van der Waals surface area contributed by atoms with Crippen molar-refractivity contribution >= 4 is 45.7 Å². The van der Waals surface area contributed by atoms with Gasteiger partial charge in [-0.1, -0.05) is 23.7 Å². The van der Waals surface area contributed by atoms with Gasteiger partial charge in [0.15, 0.2) is 16.1 Å². The molecule has 6 nitrogen and oxygen atoms in total. The monoisotopic (exact) mass is 392 g/mol. The number of esters is 2. The highest BCUT2D eigenvalue weighted by molar-refractivity contribution is 7.13. The highest BCUT2D eigenvalue weighted by Gasteiger charge is 2.65. The smallest absolute Gasteiger partial charge is 0.324 e. The number of hydrogen-bond acceptors (Lipinski definition) is 7. The standard InChI is InChI=1S/C18H17ClN2O4S/c1-10-7-18(14(22)24-10)9-17(2,25-15(18)23)13-8-26-16(21-13)20-12-6-4-3-5-11(12)19/h3-6,8,10H,7,9H2,1-2H3,(H,20,21)/t10-,17+,18-/m1/s1.